The predicted molar refractivity (Wildman–Crippen MR) is 104 cm³/mol. The van der Waals surface area contributed by atoms with Crippen molar-refractivity contribution in [2.45, 2.75) is 0 Å². The van der Waals surface area contributed by atoms with Crippen molar-refractivity contribution in [3.05, 3.63) is 52.0 Å². The highest BCUT2D eigenvalue weighted by molar-refractivity contribution is 9.10. The van der Waals surface area contributed by atoms with E-state index in [1.54, 1.807) is 12.1 Å². The molecule has 0 radical (unpaired) electrons. The van der Waals surface area contributed by atoms with Gasteiger partial charge in [0.15, 0.2) is 6.29 Å². The molecule has 0 atom stereocenters. The molecule has 1 heterocycles. The van der Waals surface area contributed by atoms with Crippen molar-refractivity contribution in [1.82, 2.24) is 5.32 Å². The Balaban J connectivity index is 0.000000758. The molecule has 0 aliphatic carbocycles. The molecule has 1 aromatic heterocycles. The molecule has 0 aliphatic heterocycles. The van der Waals surface area contributed by atoms with Crippen molar-refractivity contribution < 1.29 is 18.0 Å². The predicted octanol–water partition coefficient (Wildman–Crippen LogP) is 4.85. The minimum atomic E-state index is -0.779. The van der Waals surface area contributed by atoms with Crippen molar-refractivity contribution in [2.75, 3.05) is 33.1 Å². The molecule has 7 heteroatoms. The maximum atomic E-state index is 14.0. The van der Waals surface area contributed by atoms with Crippen molar-refractivity contribution in [2.24, 2.45) is 0 Å². The summed E-state index contributed by atoms with van der Waals surface area (Å²) < 4.78 is 33.6. The molecule has 0 bridgehead atoms. The third-order valence-electron chi connectivity index (χ3n) is 3.57. The maximum absolute atomic E-state index is 14.0. The van der Waals surface area contributed by atoms with Gasteiger partial charge in [-0.3, -0.25) is 4.79 Å². The van der Waals surface area contributed by atoms with Crippen molar-refractivity contribution in [1.29, 1.82) is 0 Å². The standard InChI is InChI=1S/C17H12BrF2NO2.C2H7N/c1-21(2)15-7-16-11(6-13(15)18)12(8-22)17(23-16)10-4-3-9(19)5-14(10)20;1-3-2/h3-8H,1-2H3;3H,1-2H3. The number of halogens is 3. The van der Waals surface area contributed by atoms with Gasteiger partial charge in [0.05, 0.1) is 16.8 Å². The number of carbonyl (C=O) groups excluding carboxylic acids is 1. The van der Waals surface area contributed by atoms with Crippen LogP contribution in [0.15, 0.2) is 39.2 Å². The van der Waals surface area contributed by atoms with E-state index in [9.17, 15) is 13.6 Å². The van der Waals surface area contributed by atoms with Gasteiger partial charge in [-0.1, -0.05) is 0 Å². The zero-order chi connectivity index (χ0) is 19.4. The summed E-state index contributed by atoms with van der Waals surface area (Å²) in [7, 11) is 7.49. The fourth-order valence-corrected chi connectivity index (χ4v) is 3.16. The molecule has 138 valence electrons. The van der Waals surface area contributed by atoms with Crippen LogP contribution in [0.1, 0.15) is 10.4 Å². The SMILES string of the molecule is CN(C)c1cc2oc(-c3ccc(F)cc3F)c(C=O)c2cc1Br.CNC. The zero-order valence-corrected chi connectivity index (χ0v) is 16.4. The highest BCUT2D eigenvalue weighted by atomic mass is 79.9. The highest BCUT2D eigenvalue weighted by Crippen LogP contribution is 2.38. The van der Waals surface area contributed by atoms with Gasteiger partial charge >= 0.3 is 0 Å². The number of benzene rings is 2. The summed E-state index contributed by atoms with van der Waals surface area (Å²) in [6, 6.07) is 6.66. The number of anilines is 1. The second-order valence-electron chi connectivity index (χ2n) is 5.78. The van der Waals surface area contributed by atoms with Crippen LogP contribution in [0.2, 0.25) is 0 Å². The van der Waals surface area contributed by atoms with Gasteiger partial charge in [-0.25, -0.2) is 8.78 Å². The summed E-state index contributed by atoms with van der Waals surface area (Å²) in [4.78, 5) is 13.4. The Kier molecular flexibility index (Phi) is 6.50. The first-order valence-corrected chi connectivity index (χ1v) is 8.55. The van der Waals surface area contributed by atoms with Crippen molar-refractivity contribution in [3.8, 4) is 11.3 Å². The normalized spacial score (nSPS) is 10.4. The van der Waals surface area contributed by atoms with E-state index in [0.29, 0.717) is 17.3 Å². The van der Waals surface area contributed by atoms with E-state index in [0.717, 1.165) is 22.3 Å². The third kappa shape index (κ3) is 3.94. The van der Waals surface area contributed by atoms with Crippen LogP contribution in [0, 0.1) is 11.6 Å². The molecule has 0 amide bonds. The Hall–Kier alpha value is -2.25. The van der Waals surface area contributed by atoms with Gasteiger partial charge < -0.3 is 14.6 Å². The van der Waals surface area contributed by atoms with E-state index in [1.807, 2.05) is 33.1 Å². The quantitative estimate of drug-likeness (QED) is 0.610. The molecule has 3 aromatic rings. The summed E-state index contributed by atoms with van der Waals surface area (Å²) in [5.41, 5.74) is 1.59. The lowest BCUT2D eigenvalue weighted by molar-refractivity contribution is 0.112. The van der Waals surface area contributed by atoms with E-state index in [-0.39, 0.29) is 16.9 Å². The first-order valence-electron chi connectivity index (χ1n) is 7.76. The van der Waals surface area contributed by atoms with Crippen LogP contribution in [0.5, 0.6) is 0 Å². The lowest BCUT2D eigenvalue weighted by Gasteiger charge is -2.14. The van der Waals surface area contributed by atoms with Gasteiger partial charge in [0.25, 0.3) is 0 Å². The zero-order valence-electron chi connectivity index (χ0n) is 14.9. The monoisotopic (exact) mass is 424 g/mol. The van der Waals surface area contributed by atoms with E-state index in [4.69, 9.17) is 4.42 Å². The molecule has 3 rings (SSSR count). The molecule has 1 N–H and O–H groups in total. The topological polar surface area (TPSA) is 45.5 Å². The Labute approximate surface area is 158 Å². The van der Waals surface area contributed by atoms with E-state index in [1.165, 1.54) is 6.07 Å². The number of hydrogen-bond donors (Lipinski definition) is 1. The smallest absolute Gasteiger partial charge is 0.154 e. The van der Waals surface area contributed by atoms with Crippen LogP contribution in [-0.2, 0) is 0 Å². The third-order valence-corrected chi connectivity index (χ3v) is 4.21. The maximum Gasteiger partial charge on any atom is 0.154 e. The number of rotatable bonds is 3. The summed E-state index contributed by atoms with van der Waals surface area (Å²) in [6.07, 6.45) is 0.617. The molecule has 2 aromatic carbocycles. The number of fused-ring (bicyclic) bond motifs is 1. The lowest BCUT2D eigenvalue weighted by Crippen LogP contribution is -2.08. The van der Waals surface area contributed by atoms with E-state index < -0.39 is 11.6 Å². The molecule has 0 unspecified atom stereocenters. The Morgan fingerprint density at radius 2 is 1.81 bits per heavy atom. The number of furan rings is 1. The number of nitrogens with one attached hydrogen (secondary N) is 1. The average Bonchev–Trinajstić information content (AvgIpc) is 2.91. The Morgan fingerprint density at radius 1 is 1.15 bits per heavy atom. The van der Waals surface area contributed by atoms with E-state index in [2.05, 4.69) is 21.2 Å². The van der Waals surface area contributed by atoms with Crippen LogP contribution < -0.4 is 10.2 Å². The number of carbonyl (C=O) groups is 1. The van der Waals surface area contributed by atoms with Gasteiger partial charge in [0.1, 0.15) is 23.0 Å². The molecule has 4 nitrogen and oxygen atoms in total. The molecule has 0 fully saturated rings. The molecule has 0 saturated heterocycles. The summed E-state index contributed by atoms with van der Waals surface area (Å²) >= 11 is 3.45. The largest absolute Gasteiger partial charge is 0.455 e. The molecule has 26 heavy (non-hydrogen) atoms. The van der Waals surface area contributed by atoms with Crippen LogP contribution in [-0.4, -0.2) is 34.5 Å². The summed E-state index contributed by atoms with van der Waals surface area (Å²) in [5, 5.41) is 3.32. The molecular formula is C19H19BrF2N2O2. The number of hydrogen-bond acceptors (Lipinski definition) is 4. The Bertz CT molecular complexity index is 939. The molecule has 0 spiro atoms. The Morgan fingerprint density at radius 3 is 2.35 bits per heavy atom. The minimum absolute atomic E-state index is 0.0484. The fourth-order valence-electron chi connectivity index (χ4n) is 2.46. The van der Waals surface area contributed by atoms with Gasteiger partial charge in [0, 0.05) is 36.1 Å². The first-order chi connectivity index (χ1) is 12.3. The van der Waals surface area contributed by atoms with Crippen molar-refractivity contribution in [3.63, 3.8) is 0 Å². The molecular weight excluding hydrogens is 406 g/mol. The van der Waals surface area contributed by atoms with Gasteiger partial charge in [-0.2, -0.15) is 0 Å². The average molecular weight is 425 g/mol. The van der Waals surface area contributed by atoms with Crippen LogP contribution in [0.3, 0.4) is 0 Å². The molecule has 0 aliphatic rings. The minimum Gasteiger partial charge on any atom is -0.455 e. The van der Waals surface area contributed by atoms with Gasteiger partial charge in [0.2, 0.25) is 0 Å². The second-order valence-corrected chi connectivity index (χ2v) is 6.64. The van der Waals surface area contributed by atoms with E-state index >= 15 is 0 Å². The summed E-state index contributed by atoms with van der Waals surface area (Å²) in [6.45, 7) is 0. The second kappa shape index (κ2) is 8.42. The summed E-state index contributed by atoms with van der Waals surface area (Å²) in [5.74, 6) is -1.37. The highest BCUT2D eigenvalue weighted by Gasteiger charge is 2.20. The van der Waals surface area contributed by atoms with Crippen LogP contribution in [0.4, 0.5) is 14.5 Å². The first kappa shape index (κ1) is 20.1. The number of nitrogens with zero attached hydrogens (tertiary/aromatic N) is 1. The fraction of sp³-hybridized carbons (Fsp3) is 0.211. The van der Waals surface area contributed by atoms with Crippen LogP contribution in [0.25, 0.3) is 22.3 Å². The number of aldehydes is 1. The lowest BCUT2D eigenvalue weighted by atomic mass is 10.1. The van der Waals surface area contributed by atoms with Gasteiger partial charge in [-0.15, -0.1) is 0 Å². The van der Waals surface area contributed by atoms with Crippen LogP contribution >= 0.6 is 15.9 Å². The van der Waals surface area contributed by atoms with Crippen molar-refractivity contribution >= 4 is 38.9 Å². The molecule has 0 saturated carbocycles. The van der Waals surface area contributed by atoms with Gasteiger partial charge in [-0.05, 0) is 48.2 Å².